The van der Waals surface area contributed by atoms with Gasteiger partial charge in [-0.25, -0.2) is 13.8 Å². The average molecular weight is 691 g/mol. The summed E-state index contributed by atoms with van der Waals surface area (Å²) in [4.78, 5) is 43.0. The van der Waals surface area contributed by atoms with E-state index < -0.39 is 12.3 Å². The molecule has 0 aromatic carbocycles. The van der Waals surface area contributed by atoms with E-state index in [4.69, 9.17) is 0 Å². The quantitative estimate of drug-likeness (QED) is 0.114. The van der Waals surface area contributed by atoms with Gasteiger partial charge in [0, 0.05) is 62.8 Å². The minimum Gasteiger partial charge on any atom is -0.353 e. The SMILES string of the molecule is CC#CC1CC(C(=O)NC(CC2CC(F)CC(F)C2)C(C)CN(CCCC)NC(=O)CC2CCCCC2)CC(C(=O)N(CCC)CCC)C1. The zero-order chi connectivity index (χ0) is 35.8. The van der Waals surface area contributed by atoms with Gasteiger partial charge in [-0.2, -0.15) is 0 Å². The van der Waals surface area contributed by atoms with Crippen molar-refractivity contribution in [1.82, 2.24) is 20.7 Å². The molecule has 9 heteroatoms. The Hall–Kier alpha value is -2.21. The van der Waals surface area contributed by atoms with Crippen LogP contribution >= 0.6 is 0 Å². The van der Waals surface area contributed by atoms with Gasteiger partial charge in [-0.3, -0.25) is 19.8 Å². The molecule has 3 saturated carbocycles. The predicted octanol–water partition coefficient (Wildman–Crippen LogP) is 7.78. The number of halogens is 2. The number of hydrazine groups is 1. The molecule has 7 atom stereocenters. The van der Waals surface area contributed by atoms with Gasteiger partial charge in [0.1, 0.15) is 12.3 Å². The first kappa shape index (κ1) is 41.2. The molecule has 3 amide bonds. The highest BCUT2D eigenvalue weighted by Gasteiger charge is 2.39. The van der Waals surface area contributed by atoms with Crippen molar-refractivity contribution in [1.29, 1.82) is 0 Å². The zero-order valence-electron chi connectivity index (χ0n) is 31.4. The van der Waals surface area contributed by atoms with Crippen LogP contribution in [0, 0.1) is 47.3 Å². The number of rotatable bonds is 18. The van der Waals surface area contributed by atoms with Crippen molar-refractivity contribution in [2.75, 3.05) is 26.2 Å². The van der Waals surface area contributed by atoms with Gasteiger partial charge < -0.3 is 10.2 Å². The fraction of sp³-hybridized carbons (Fsp3) is 0.875. The van der Waals surface area contributed by atoms with E-state index in [2.05, 4.69) is 50.3 Å². The Bertz CT molecular complexity index is 1060. The molecule has 7 unspecified atom stereocenters. The van der Waals surface area contributed by atoms with Crippen molar-refractivity contribution in [2.24, 2.45) is 35.5 Å². The molecule has 0 spiro atoms. The van der Waals surface area contributed by atoms with E-state index in [9.17, 15) is 23.2 Å². The Balaban J connectivity index is 1.77. The molecule has 0 bridgehead atoms. The molecule has 0 aliphatic heterocycles. The summed E-state index contributed by atoms with van der Waals surface area (Å²) in [6, 6.07) is -0.321. The third kappa shape index (κ3) is 14.1. The number of amides is 3. The average Bonchev–Trinajstić information content (AvgIpc) is 3.06. The maximum atomic E-state index is 14.6. The lowest BCUT2D eigenvalue weighted by molar-refractivity contribution is -0.139. The van der Waals surface area contributed by atoms with Crippen molar-refractivity contribution < 1.29 is 23.2 Å². The number of nitrogens with zero attached hydrogens (tertiary/aromatic N) is 2. The summed E-state index contributed by atoms with van der Waals surface area (Å²) in [6.45, 7) is 12.8. The molecule has 3 fully saturated rings. The molecule has 3 rings (SSSR count). The van der Waals surface area contributed by atoms with Crippen LogP contribution in [0.5, 0.6) is 0 Å². The van der Waals surface area contributed by atoms with Crippen molar-refractivity contribution in [3.05, 3.63) is 0 Å². The lowest BCUT2D eigenvalue weighted by Crippen LogP contribution is -2.52. The number of carbonyl (C=O) groups is 3. The highest BCUT2D eigenvalue weighted by Crippen LogP contribution is 2.36. The maximum absolute atomic E-state index is 14.6. The molecule has 7 nitrogen and oxygen atoms in total. The minimum atomic E-state index is -1.17. The lowest BCUT2D eigenvalue weighted by Gasteiger charge is -2.38. The van der Waals surface area contributed by atoms with Crippen LogP contribution in [0.1, 0.15) is 144 Å². The van der Waals surface area contributed by atoms with Gasteiger partial charge in [-0.15, -0.1) is 11.8 Å². The second-order valence-corrected chi connectivity index (χ2v) is 15.7. The summed E-state index contributed by atoms with van der Waals surface area (Å²) < 4.78 is 29.1. The van der Waals surface area contributed by atoms with Crippen LogP contribution in [0.3, 0.4) is 0 Å². The Morgan fingerprint density at radius 1 is 0.816 bits per heavy atom. The first-order valence-corrected chi connectivity index (χ1v) is 19.9. The standard InChI is InChI=1S/C40H68F2N4O3/c1-6-10-19-46(44-38(47)25-30-15-12-11-13-16-30)28-29(5)37(24-32-22-35(41)27-36(42)23-32)43-39(48)33-20-31(14-7-2)21-34(26-33)40(49)45(17-8-3)18-9-4/h29-37H,6,8-13,15-28H2,1-5H3,(H,43,48)(H,44,47). The summed E-state index contributed by atoms with van der Waals surface area (Å²) in [5.74, 6) is 5.88. The van der Waals surface area contributed by atoms with Crippen molar-refractivity contribution >= 4 is 17.7 Å². The summed E-state index contributed by atoms with van der Waals surface area (Å²) in [6.07, 6.45) is 10.5. The van der Waals surface area contributed by atoms with Crippen LogP contribution in [0.15, 0.2) is 0 Å². The Morgan fingerprint density at radius 3 is 2.08 bits per heavy atom. The number of unbranched alkanes of at least 4 members (excludes halogenated alkanes) is 1. The van der Waals surface area contributed by atoms with Crippen molar-refractivity contribution in [3.63, 3.8) is 0 Å². The molecular weight excluding hydrogens is 622 g/mol. The third-order valence-corrected chi connectivity index (χ3v) is 11.1. The van der Waals surface area contributed by atoms with Crippen LogP contribution in [-0.4, -0.2) is 72.2 Å². The summed E-state index contributed by atoms with van der Waals surface area (Å²) >= 11 is 0. The monoisotopic (exact) mass is 691 g/mol. The Morgan fingerprint density at radius 2 is 1.47 bits per heavy atom. The smallest absolute Gasteiger partial charge is 0.234 e. The fourth-order valence-corrected chi connectivity index (χ4v) is 8.65. The normalized spacial score (nSPS) is 27.4. The third-order valence-electron chi connectivity index (χ3n) is 11.1. The van der Waals surface area contributed by atoms with E-state index in [0.717, 1.165) is 38.5 Å². The highest BCUT2D eigenvalue weighted by molar-refractivity contribution is 5.83. The molecule has 2 N–H and O–H groups in total. The number of alkyl halides is 2. The zero-order valence-corrected chi connectivity index (χ0v) is 31.4. The molecule has 0 aromatic rings. The lowest BCUT2D eigenvalue weighted by atomic mass is 9.74. The topological polar surface area (TPSA) is 81.8 Å². The van der Waals surface area contributed by atoms with Crippen LogP contribution in [0.4, 0.5) is 8.78 Å². The van der Waals surface area contributed by atoms with Gasteiger partial charge in [-0.05, 0) is 95.3 Å². The molecule has 49 heavy (non-hydrogen) atoms. The van der Waals surface area contributed by atoms with Gasteiger partial charge >= 0.3 is 0 Å². The van der Waals surface area contributed by atoms with Crippen molar-refractivity contribution in [3.8, 4) is 11.8 Å². The van der Waals surface area contributed by atoms with E-state index in [-0.39, 0.29) is 59.8 Å². The number of hydrogen-bond acceptors (Lipinski definition) is 4. The number of hydrogen-bond donors (Lipinski definition) is 2. The second kappa shape index (κ2) is 21.9. The molecule has 0 saturated heterocycles. The van der Waals surface area contributed by atoms with Crippen LogP contribution in [0.25, 0.3) is 0 Å². The van der Waals surface area contributed by atoms with Crippen LogP contribution in [0.2, 0.25) is 0 Å². The Kier molecular flexibility index (Phi) is 18.4. The van der Waals surface area contributed by atoms with E-state index in [1.54, 1.807) is 6.92 Å². The minimum absolute atomic E-state index is 0.0359. The van der Waals surface area contributed by atoms with E-state index in [0.29, 0.717) is 77.0 Å². The summed E-state index contributed by atoms with van der Waals surface area (Å²) in [7, 11) is 0. The van der Waals surface area contributed by atoms with E-state index in [1.807, 2.05) is 9.91 Å². The molecule has 0 heterocycles. The molecule has 280 valence electrons. The van der Waals surface area contributed by atoms with Gasteiger partial charge in [0.2, 0.25) is 17.7 Å². The van der Waals surface area contributed by atoms with Gasteiger partial charge in [0.05, 0.1) is 0 Å². The molecule has 3 aliphatic rings. The highest BCUT2D eigenvalue weighted by atomic mass is 19.1. The van der Waals surface area contributed by atoms with Crippen molar-refractivity contribution in [2.45, 2.75) is 162 Å². The van der Waals surface area contributed by atoms with Gasteiger partial charge in [-0.1, -0.05) is 53.4 Å². The predicted molar refractivity (Wildman–Crippen MR) is 194 cm³/mol. The number of carbonyl (C=O) groups excluding carboxylic acids is 3. The molecule has 3 aliphatic carbocycles. The largest absolute Gasteiger partial charge is 0.353 e. The molecule has 0 aromatic heterocycles. The van der Waals surface area contributed by atoms with Crippen LogP contribution in [-0.2, 0) is 14.4 Å². The number of nitrogens with one attached hydrogen (secondary N) is 2. The molecular formula is C40H68F2N4O3. The first-order chi connectivity index (χ1) is 23.6. The Labute approximate surface area is 296 Å². The second-order valence-electron chi connectivity index (χ2n) is 15.7. The fourth-order valence-electron chi connectivity index (χ4n) is 8.65. The maximum Gasteiger partial charge on any atom is 0.234 e. The van der Waals surface area contributed by atoms with Crippen LogP contribution < -0.4 is 10.7 Å². The van der Waals surface area contributed by atoms with E-state index >= 15 is 0 Å². The summed E-state index contributed by atoms with van der Waals surface area (Å²) in [5, 5.41) is 5.36. The first-order valence-electron chi connectivity index (χ1n) is 19.9. The van der Waals surface area contributed by atoms with Gasteiger partial charge in [0.15, 0.2) is 0 Å². The summed E-state index contributed by atoms with van der Waals surface area (Å²) in [5.41, 5.74) is 3.19. The van der Waals surface area contributed by atoms with Gasteiger partial charge in [0.25, 0.3) is 0 Å². The molecule has 0 radical (unpaired) electrons. The van der Waals surface area contributed by atoms with E-state index in [1.165, 1.54) is 19.3 Å².